The molecule has 1 aliphatic heterocycles. The molecule has 116 valence electrons. The number of furan rings is 1. The number of hydrogen-bond donors (Lipinski definition) is 2. The molecule has 0 unspecified atom stereocenters. The van der Waals surface area contributed by atoms with Gasteiger partial charge in [0.15, 0.2) is 5.72 Å². The second kappa shape index (κ2) is 4.44. The van der Waals surface area contributed by atoms with Crippen LogP contribution < -0.4 is 16.1 Å². The highest BCUT2D eigenvalue weighted by Crippen LogP contribution is 2.49. The second-order valence-electron chi connectivity index (χ2n) is 6.69. The van der Waals surface area contributed by atoms with Gasteiger partial charge in [0.05, 0.1) is 5.39 Å². The fourth-order valence-electron chi connectivity index (χ4n) is 4.27. The number of benzene rings is 1. The fourth-order valence-corrected chi connectivity index (χ4v) is 4.27. The van der Waals surface area contributed by atoms with Crippen molar-refractivity contribution in [1.29, 1.82) is 0 Å². The smallest absolute Gasteiger partial charge is 0.227 e. The number of nitrogens with zero attached hydrogens (tertiary/aromatic N) is 1. The summed E-state index contributed by atoms with van der Waals surface area (Å²) < 4.78 is 19.5. The van der Waals surface area contributed by atoms with Crippen molar-refractivity contribution in [2.75, 3.05) is 5.12 Å². The minimum Gasteiger partial charge on any atom is -0.438 e. The molecular formula is C16H18FN3O2. The van der Waals surface area contributed by atoms with Gasteiger partial charge in [-0.15, -0.1) is 0 Å². The minimum absolute atomic E-state index is 0.279. The standard InChI is InChI=1S/C16H18FN3O2/c17-13-2-1-3-14-12(13)8-15(21-14)20-18-16(22-19-20)9-10-4-6-11(16)7-5-10/h1-3,8,10-11,18-19H,4-7,9H2/t10?,11?,16-/m1/s1. The van der Waals surface area contributed by atoms with Crippen LogP contribution in [0.5, 0.6) is 0 Å². The van der Waals surface area contributed by atoms with E-state index < -0.39 is 0 Å². The van der Waals surface area contributed by atoms with Crippen molar-refractivity contribution in [1.82, 2.24) is 11.0 Å². The number of hydrogen-bond acceptors (Lipinski definition) is 5. The summed E-state index contributed by atoms with van der Waals surface area (Å²) in [5.41, 5.74) is 6.51. The highest BCUT2D eigenvalue weighted by atomic mass is 19.1. The van der Waals surface area contributed by atoms with Crippen LogP contribution in [0.2, 0.25) is 0 Å². The first-order valence-corrected chi connectivity index (χ1v) is 7.93. The number of nitrogens with one attached hydrogen (secondary N) is 2. The molecule has 2 bridgehead atoms. The van der Waals surface area contributed by atoms with Crippen molar-refractivity contribution in [2.45, 2.75) is 37.8 Å². The van der Waals surface area contributed by atoms with Crippen LogP contribution in [-0.2, 0) is 4.84 Å². The summed E-state index contributed by atoms with van der Waals surface area (Å²) in [5.74, 6) is 1.47. The summed E-state index contributed by atoms with van der Waals surface area (Å²) in [5, 5.41) is 2.12. The molecule has 3 saturated carbocycles. The Bertz CT molecular complexity index is 725. The first kappa shape index (κ1) is 12.9. The van der Waals surface area contributed by atoms with E-state index in [1.165, 1.54) is 31.7 Å². The Kier molecular flexibility index (Phi) is 2.60. The van der Waals surface area contributed by atoms with E-state index in [1.807, 2.05) is 0 Å². The topological polar surface area (TPSA) is 49.7 Å². The molecule has 2 aromatic rings. The summed E-state index contributed by atoms with van der Waals surface area (Å²) in [4.78, 5) is 5.92. The second-order valence-corrected chi connectivity index (χ2v) is 6.69. The third kappa shape index (κ3) is 1.74. The van der Waals surface area contributed by atoms with Gasteiger partial charge in [-0.2, -0.15) is 10.5 Å². The first-order valence-electron chi connectivity index (χ1n) is 7.93. The van der Waals surface area contributed by atoms with E-state index in [1.54, 1.807) is 23.3 Å². The predicted octanol–water partition coefficient (Wildman–Crippen LogP) is 3.24. The van der Waals surface area contributed by atoms with E-state index in [-0.39, 0.29) is 11.5 Å². The molecule has 6 rings (SSSR count). The zero-order valence-corrected chi connectivity index (χ0v) is 12.1. The van der Waals surface area contributed by atoms with Crippen molar-refractivity contribution in [2.24, 2.45) is 11.8 Å². The Morgan fingerprint density at radius 2 is 2.09 bits per heavy atom. The monoisotopic (exact) mass is 303 g/mol. The number of rotatable bonds is 1. The number of halogens is 1. The van der Waals surface area contributed by atoms with Crippen molar-refractivity contribution < 1.29 is 13.6 Å². The van der Waals surface area contributed by atoms with Crippen LogP contribution in [0.25, 0.3) is 11.0 Å². The molecule has 1 saturated heterocycles. The molecule has 0 radical (unpaired) electrons. The summed E-state index contributed by atoms with van der Waals surface area (Å²) in [6.07, 6.45) is 6.00. The van der Waals surface area contributed by atoms with Crippen molar-refractivity contribution in [3.63, 3.8) is 0 Å². The van der Waals surface area contributed by atoms with Gasteiger partial charge < -0.3 is 4.42 Å². The maximum atomic E-state index is 13.8. The van der Waals surface area contributed by atoms with E-state index in [0.717, 1.165) is 12.3 Å². The normalized spacial score (nSPS) is 34.1. The minimum atomic E-state index is -0.349. The van der Waals surface area contributed by atoms with Gasteiger partial charge in [-0.25, -0.2) is 4.39 Å². The molecular weight excluding hydrogens is 285 g/mol. The molecule has 2 N–H and O–H groups in total. The fraction of sp³-hybridized carbons (Fsp3) is 0.500. The summed E-state index contributed by atoms with van der Waals surface area (Å²) >= 11 is 0. The van der Waals surface area contributed by atoms with E-state index in [9.17, 15) is 4.39 Å². The summed E-state index contributed by atoms with van der Waals surface area (Å²) in [7, 11) is 0. The van der Waals surface area contributed by atoms with Crippen LogP contribution in [0.15, 0.2) is 28.7 Å². The quantitative estimate of drug-likeness (QED) is 0.847. The van der Waals surface area contributed by atoms with Crippen LogP contribution in [-0.4, -0.2) is 5.72 Å². The lowest BCUT2D eigenvalue weighted by Gasteiger charge is -2.47. The van der Waals surface area contributed by atoms with E-state index >= 15 is 0 Å². The van der Waals surface area contributed by atoms with Crippen molar-refractivity contribution in [3.8, 4) is 0 Å². The highest BCUT2D eigenvalue weighted by molar-refractivity contribution is 5.81. The Balaban J connectivity index is 1.46. The molecule has 4 aliphatic rings. The lowest BCUT2D eigenvalue weighted by atomic mass is 9.66. The van der Waals surface area contributed by atoms with Gasteiger partial charge in [-0.05, 0) is 50.2 Å². The molecule has 1 aromatic carbocycles. The van der Waals surface area contributed by atoms with Gasteiger partial charge in [-0.1, -0.05) is 11.7 Å². The van der Waals surface area contributed by atoms with E-state index in [0.29, 0.717) is 22.8 Å². The summed E-state index contributed by atoms with van der Waals surface area (Å²) in [6.45, 7) is 0. The third-order valence-corrected chi connectivity index (χ3v) is 5.43. The highest BCUT2D eigenvalue weighted by Gasteiger charge is 2.53. The lowest BCUT2D eigenvalue weighted by Crippen LogP contribution is -2.57. The zero-order chi connectivity index (χ0) is 14.7. The Morgan fingerprint density at radius 3 is 2.82 bits per heavy atom. The number of fused-ring (bicyclic) bond motifs is 3. The van der Waals surface area contributed by atoms with Gasteiger partial charge in [0.2, 0.25) is 5.88 Å². The van der Waals surface area contributed by atoms with Crippen LogP contribution in [0.4, 0.5) is 10.3 Å². The average Bonchev–Trinajstić information content (AvgIpc) is 3.14. The van der Waals surface area contributed by atoms with Gasteiger partial charge in [0.1, 0.15) is 11.4 Å². The molecule has 0 amide bonds. The maximum Gasteiger partial charge on any atom is 0.227 e. The number of hydrazine groups is 2. The van der Waals surface area contributed by atoms with E-state index in [2.05, 4.69) is 11.0 Å². The molecule has 6 heteroatoms. The van der Waals surface area contributed by atoms with Crippen LogP contribution >= 0.6 is 0 Å². The third-order valence-electron chi connectivity index (χ3n) is 5.43. The van der Waals surface area contributed by atoms with Crippen LogP contribution in [0.1, 0.15) is 32.1 Å². The van der Waals surface area contributed by atoms with Crippen LogP contribution in [0.3, 0.4) is 0 Å². The van der Waals surface area contributed by atoms with E-state index in [4.69, 9.17) is 9.25 Å². The predicted molar refractivity (Wildman–Crippen MR) is 78.8 cm³/mol. The molecule has 1 aromatic heterocycles. The van der Waals surface area contributed by atoms with Gasteiger partial charge >= 0.3 is 0 Å². The van der Waals surface area contributed by atoms with Gasteiger partial charge in [0, 0.05) is 12.0 Å². The largest absolute Gasteiger partial charge is 0.438 e. The molecule has 1 atom stereocenters. The molecule has 3 aliphatic carbocycles. The lowest BCUT2D eigenvalue weighted by molar-refractivity contribution is -0.153. The summed E-state index contributed by atoms with van der Waals surface area (Å²) in [6, 6.07) is 6.53. The maximum absolute atomic E-state index is 13.8. The molecule has 22 heavy (non-hydrogen) atoms. The van der Waals surface area contributed by atoms with Crippen molar-refractivity contribution >= 4 is 16.9 Å². The number of anilines is 1. The molecule has 1 spiro atoms. The van der Waals surface area contributed by atoms with Gasteiger partial charge in [-0.3, -0.25) is 4.84 Å². The first-order chi connectivity index (χ1) is 10.7. The van der Waals surface area contributed by atoms with Crippen molar-refractivity contribution in [3.05, 3.63) is 30.1 Å². The van der Waals surface area contributed by atoms with Gasteiger partial charge in [0.25, 0.3) is 0 Å². The molecule has 2 heterocycles. The van der Waals surface area contributed by atoms with Crippen LogP contribution in [0, 0.1) is 17.7 Å². The molecule has 5 nitrogen and oxygen atoms in total. The Hall–Kier alpha value is -1.63. The zero-order valence-electron chi connectivity index (χ0n) is 12.1. The Morgan fingerprint density at radius 1 is 1.23 bits per heavy atom. The average molecular weight is 303 g/mol. The molecule has 4 fully saturated rings. The Labute approximate surface area is 127 Å². The SMILES string of the molecule is Fc1cccc2oc(N3NO[C@@]4(CC5CCC4CC5)N3)cc12.